The molecular weight excluding hydrogens is 271 g/mol. The third-order valence-electron chi connectivity index (χ3n) is 4.26. The van der Waals surface area contributed by atoms with Crippen LogP contribution in [0.3, 0.4) is 0 Å². The first-order valence-corrected chi connectivity index (χ1v) is 7.40. The molecule has 110 valence electrons. The second-order valence-electron chi connectivity index (χ2n) is 5.74. The minimum absolute atomic E-state index is 0.236. The van der Waals surface area contributed by atoms with E-state index in [1.165, 1.54) is 0 Å². The van der Waals surface area contributed by atoms with Crippen LogP contribution in [0.15, 0.2) is 6.07 Å². The Morgan fingerprint density at radius 2 is 2.24 bits per heavy atom. The Kier molecular flexibility index (Phi) is 2.99. The van der Waals surface area contributed by atoms with E-state index in [9.17, 15) is 4.39 Å². The molecule has 0 bridgehead atoms. The van der Waals surface area contributed by atoms with Gasteiger partial charge in [0.15, 0.2) is 0 Å². The number of ether oxygens (including phenoxy) is 1. The van der Waals surface area contributed by atoms with E-state index in [0.29, 0.717) is 17.9 Å². The lowest BCUT2D eigenvalue weighted by atomic mass is 10.1. The third-order valence-corrected chi connectivity index (χ3v) is 4.26. The summed E-state index contributed by atoms with van der Waals surface area (Å²) in [6.45, 7) is 4.17. The van der Waals surface area contributed by atoms with Gasteiger partial charge >= 0.3 is 6.08 Å². The fourth-order valence-corrected chi connectivity index (χ4v) is 3.36. The van der Waals surface area contributed by atoms with E-state index < -0.39 is 6.08 Å². The SMILES string of the molecule is Cc1cc2nc(F)nc3c2c(n1)CCC1COCCCN31. The number of pyridine rings is 1. The van der Waals surface area contributed by atoms with Crippen LogP contribution in [0.1, 0.15) is 24.2 Å². The van der Waals surface area contributed by atoms with Crippen molar-refractivity contribution >= 4 is 16.7 Å². The fraction of sp³-hybridized carbons (Fsp3) is 0.533. The molecule has 1 fully saturated rings. The minimum Gasteiger partial charge on any atom is -0.379 e. The first-order chi connectivity index (χ1) is 10.2. The van der Waals surface area contributed by atoms with E-state index in [2.05, 4.69) is 19.9 Å². The van der Waals surface area contributed by atoms with Gasteiger partial charge in [0.2, 0.25) is 0 Å². The van der Waals surface area contributed by atoms with Gasteiger partial charge in [0, 0.05) is 18.8 Å². The predicted octanol–water partition coefficient (Wildman–Crippen LogP) is 2.01. The molecular formula is C15H17FN4O. The molecule has 1 saturated heterocycles. The van der Waals surface area contributed by atoms with Crippen LogP contribution in [0.5, 0.6) is 0 Å². The van der Waals surface area contributed by atoms with Crippen molar-refractivity contribution in [2.24, 2.45) is 0 Å². The van der Waals surface area contributed by atoms with Gasteiger partial charge in [0.25, 0.3) is 0 Å². The number of hydrogen-bond donors (Lipinski definition) is 0. The van der Waals surface area contributed by atoms with Crippen LogP contribution in [-0.4, -0.2) is 40.8 Å². The molecule has 2 aromatic rings. The van der Waals surface area contributed by atoms with Gasteiger partial charge in [-0.2, -0.15) is 9.37 Å². The molecule has 2 aliphatic rings. The van der Waals surface area contributed by atoms with Crippen LogP contribution < -0.4 is 4.90 Å². The van der Waals surface area contributed by atoms with E-state index in [-0.39, 0.29) is 6.04 Å². The molecule has 0 radical (unpaired) electrons. The maximum atomic E-state index is 13.9. The summed E-state index contributed by atoms with van der Waals surface area (Å²) in [6.07, 6.45) is 2.06. The van der Waals surface area contributed by atoms with Gasteiger partial charge in [0.05, 0.1) is 29.2 Å². The summed E-state index contributed by atoms with van der Waals surface area (Å²) in [5.41, 5.74) is 2.51. The molecule has 0 N–H and O–H groups in total. The van der Waals surface area contributed by atoms with Gasteiger partial charge in [-0.15, -0.1) is 0 Å². The Bertz CT molecular complexity index is 700. The lowest BCUT2D eigenvalue weighted by Gasteiger charge is -2.29. The molecule has 4 heterocycles. The highest BCUT2D eigenvalue weighted by molar-refractivity contribution is 5.92. The van der Waals surface area contributed by atoms with Crippen molar-refractivity contribution < 1.29 is 9.13 Å². The molecule has 0 aromatic carbocycles. The lowest BCUT2D eigenvalue weighted by Crippen LogP contribution is -2.37. The molecule has 0 spiro atoms. The van der Waals surface area contributed by atoms with E-state index in [1.807, 2.05) is 13.0 Å². The maximum Gasteiger partial charge on any atom is 0.311 e. The number of fused-ring (bicyclic) bond motifs is 2. The summed E-state index contributed by atoms with van der Waals surface area (Å²) in [7, 11) is 0. The first-order valence-electron chi connectivity index (χ1n) is 7.40. The summed E-state index contributed by atoms with van der Waals surface area (Å²) >= 11 is 0. The Morgan fingerprint density at radius 3 is 3.14 bits per heavy atom. The number of rotatable bonds is 0. The van der Waals surface area contributed by atoms with Crippen molar-refractivity contribution in [2.75, 3.05) is 24.7 Å². The zero-order valence-electron chi connectivity index (χ0n) is 12.0. The quantitative estimate of drug-likeness (QED) is 0.694. The smallest absolute Gasteiger partial charge is 0.311 e. The number of hydrogen-bond acceptors (Lipinski definition) is 5. The van der Waals surface area contributed by atoms with Crippen molar-refractivity contribution in [1.29, 1.82) is 0 Å². The highest BCUT2D eigenvalue weighted by Gasteiger charge is 2.29. The van der Waals surface area contributed by atoms with Crippen molar-refractivity contribution in [3.05, 3.63) is 23.5 Å². The summed E-state index contributed by atoms with van der Waals surface area (Å²) in [4.78, 5) is 14.9. The van der Waals surface area contributed by atoms with Gasteiger partial charge in [-0.3, -0.25) is 4.98 Å². The molecule has 6 heteroatoms. The van der Waals surface area contributed by atoms with Crippen LogP contribution >= 0.6 is 0 Å². The normalized spacial score (nSPS) is 21.8. The third kappa shape index (κ3) is 2.14. The van der Waals surface area contributed by atoms with Crippen LogP contribution in [0.4, 0.5) is 10.2 Å². The molecule has 2 aromatic heterocycles. The monoisotopic (exact) mass is 288 g/mol. The summed E-state index contributed by atoms with van der Waals surface area (Å²) in [5.74, 6) is 0.688. The maximum absolute atomic E-state index is 13.9. The van der Waals surface area contributed by atoms with Crippen LogP contribution in [0, 0.1) is 13.0 Å². The minimum atomic E-state index is -0.667. The van der Waals surface area contributed by atoms with E-state index >= 15 is 0 Å². The second kappa shape index (κ2) is 4.87. The Morgan fingerprint density at radius 1 is 1.33 bits per heavy atom. The Balaban J connectivity index is 1.98. The fourth-order valence-electron chi connectivity index (χ4n) is 3.36. The summed E-state index contributed by atoms with van der Waals surface area (Å²) in [5, 5.41) is 0.909. The molecule has 0 saturated carbocycles. The molecule has 21 heavy (non-hydrogen) atoms. The van der Waals surface area contributed by atoms with E-state index in [0.717, 1.165) is 49.2 Å². The van der Waals surface area contributed by atoms with Gasteiger partial charge in [0.1, 0.15) is 5.82 Å². The van der Waals surface area contributed by atoms with Crippen LogP contribution in [0.2, 0.25) is 0 Å². The van der Waals surface area contributed by atoms with E-state index in [4.69, 9.17) is 4.74 Å². The first kappa shape index (κ1) is 12.9. The van der Waals surface area contributed by atoms with Crippen LogP contribution in [-0.2, 0) is 11.2 Å². The second-order valence-corrected chi connectivity index (χ2v) is 5.74. The van der Waals surface area contributed by atoms with Gasteiger partial charge < -0.3 is 9.64 Å². The summed E-state index contributed by atoms with van der Waals surface area (Å²) in [6, 6.07) is 2.07. The molecule has 5 nitrogen and oxygen atoms in total. The number of anilines is 1. The highest BCUT2D eigenvalue weighted by Crippen LogP contribution is 2.33. The van der Waals surface area contributed by atoms with Gasteiger partial charge in [-0.1, -0.05) is 0 Å². The predicted molar refractivity (Wildman–Crippen MR) is 76.9 cm³/mol. The number of nitrogens with zero attached hydrogens (tertiary/aromatic N) is 4. The zero-order chi connectivity index (χ0) is 14.4. The molecule has 0 amide bonds. The topological polar surface area (TPSA) is 51.1 Å². The molecule has 4 rings (SSSR count). The average Bonchev–Trinajstić information content (AvgIpc) is 2.74. The van der Waals surface area contributed by atoms with Gasteiger partial charge in [-0.25, -0.2) is 4.98 Å². The standard InChI is InChI=1S/C15H17FN4O/c1-9-7-12-13-11(17-9)4-3-10-8-21-6-2-5-20(10)14(13)19-15(16)18-12/h7,10H,2-6,8H2,1H3. The van der Waals surface area contributed by atoms with Crippen molar-refractivity contribution in [3.8, 4) is 0 Å². The van der Waals surface area contributed by atoms with E-state index in [1.54, 1.807) is 0 Å². The van der Waals surface area contributed by atoms with Crippen molar-refractivity contribution in [3.63, 3.8) is 0 Å². The van der Waals surface area contributed by atoms with Gasteiger partial charge in [-0.05, 0) is 32.3 Å². The number of halogens is 1. The molecule has 1 atom stereocenters. The highest BCUT2D eigenvalue weighted by atomic mass is 19.1. The number of aryl methyl sites for hydroxylation is 2. The van der Waals surface area contributed by atoms with Crippen LogP contribution in [0.25, 0.3) is 10.9 Å². The zero-order valence-corrected chi connectivity index (χ0v) is 12.0. The molecule has 0 aliphatic carbocycles. The summed E-state index contributed by atoms with van der Waals surface area (Å²) < 4.78 is 19.5. The number of aromatic nitrogens is 3. The van der Waals surface area contributed by atoms with Crippen molar-refractivity contribution in [1.82, 2.24) is 15.0 Å². The lowest BCUT2D eigenvalue weighted by molar-refractivity contribution is 0.132. The molecule has 2 aliphatic heterocycles. The van der Waals surface area contributed by atoms with Crippen molar-refractivity contribution in [2.45, 2.75) is 32.2 Å². The Labute approximate surface area is 122 Å². The largest absolute Gasteiger partial charge is 0.379 e. The average molecular weight is 288 g/mol. The molecule has 1 unspecified atom stereocenters. The Hall–Kier alpha value is -1.82.